The first-order valence-corrected chi connectivity index (χ1v) is 7.85. The summed E-state index contributed by atoms with van der Waals surface area (Å²) in [4.78, 5) is 11.2. The Morgan fingerprint density at radius 3 is 2.25 bits per heavy atom. The molecule has 0 saturated heterocycles. The van der Waals surface area contributed by atoms with Crippen LogP contribution in [0.15, 0.2) is 17.0 Å². The molecule has 1 aromatic rings. The zero-order chi connectivity index (χ0) is 15.5. The van der Waals surface area contributed by atoms with Crippen LogP contribution in [0.2, 0.25) is 10.0 Å². The summed E-state index contributed by atoms with van der Waals surface area (Å²) in [7, 11) is -3.92. The normalized spacial score (nSPS) is 11.5. The van der Waals surface area contributed by atoms with Crippen LogP contribution in [-0.2, 0) is 14.8 Å². The first-order chi connectivity index (χ1) is 9.11. The predicted octanol–water partition coefficient (Wildman–Crippen LogP) is 1.54. The molecule has 0 aliphatic rings. The van der Waals surface area contributed by atoms with Crippen LogP contribution in [0.3, 0.4) is 0 Å². The number of primary sulfonamides is 1. The number of benzene rings is 1. The Morgan fingerprint density at radius 1 is 1.35 bits per heavy atom. The second-order valence-electron chi connectivity index (χ2n) is 4.27. The van der Waals surface area contributed by atoms with Gasteiger partial charge in [0, 0.05) is 6.04 Å². The van der Waals surface area contributed by atoms with Gasteiger partial charge in [0.2, 0.25) is 10.0 Å². The molecule has 0 spiro atoms. The zero-order valence-electron chi connectivity index (χ0n) is 10.8. The number of sulfonamides is 1. The second kappa shape index (κ2) is 6.62. The lowest BCUT2D eigenvalue weighted by molar-refractivity contribution is -0.123. The third-order valence-electron chi connectivity index (χ3n) is 2.10. The molecule has 0 fully saturated rings. The van der Waals surface area contributed by atoms with E-state index in [9.17, 15) is 13.2 Å². The lowest BCUT2D eigenvalue weighted by Crippen LogP contribution is -2.34. The summed E-state index contributed by atoms with van der Waals surface area (Å²) in [6, 6.07) is 2.19. The van der Waals surface area contributed by atoms with Crippen molar-refractivity contribution in [3.05, 3.63) is 22.2 Å². The number of nitrogens with one attached hydrogen (secondary N) is 1. The average molecular weight is 341 g/mol. The van der Waals surface area contributed by atoms with Crippen LogP contribution in [0.25, 0.3) is 0 Å². The summed E-state index contributed by atoms with van der Waals surface area (Å²) in [5.41, 5.74) is 0. The molecule has 1 rings (SSSR count). The van der Waals surface area contributed by atoms with Crippen molar-refractivity contribution in [2.75, 3.05) is 6.61 Å². The van der Waals surface area contributed by atoms with Crippen molar-refractivity contribution in [1.82, 2.24) is 5.32 Å². The number of carbonyl (C=O) groups excluding carboxylic acids is 1. The van der Waals surface area contributed by atoms with Gasteiger partial charge in [-0.05, 0) is 26.0 Å². The second-order valence-corrected chi connectivity index (χ2v) is 6.65. The highest BCUT2D eigenvalue weighted by Crippen LogP contribution is 2.35. The van der Waals surface area contributed by atoms with E-state index in [0.29, 0.717) is 0 Å². The van der Waals surface area contributed by atoms with E-state index in [4.69, 9.17) is 33.1 Å². The standard InChI is InChI=1S/C11H14Cl2N2O4S/c1-6(2)15-10(16)5-19-11-8(12)3-7(4-9(11)13)20(14,17)18/h3-4,6H,5H2,1-2H3,(H,15,16)(H2,14,17,18). The summed E-state index contributed by atoms with van der Waals surface area (Å²) >= 11 is 11.7. The number of ether oxygens (including phenoxy) is 1. The number of hydrogen-bond donors (Lipinski definition) is 2. The number of halogens is 2. The van der Waals surface area contributed by atoms with Crippen LogP contribution < -0.4 is 15.2 Å². The maximum Gasteiger partial charge on any atom is 0.258 e. The average Bonchev–Trinajstić information content (AvgIpc) is 2.25. The molecule has 0 aliphatic carbocycles. The van der Waals surface area contributed by atoms with Crippen LogP contribution in [0.4, 0.5) is 0 Å². The molecule has 0 radical (unpaired) electrons. The van der Waals surface area contributed by atoms with Gasteiger partial charge in [0.15, 0.2) is 12.4 Å². The summed E-state index contributed by atoms with van der Waals surface area (Å²) < 4.78 is 27.6. The molecule has 0 bridgehead atoms. The van der Waals surface area contributed by atoms with Gasteiger partial charge in [-0.25, -0.2) is 13.6 Å². The Labute approximate surface area is 127 Å². The molecule has 9 heteroatoms. The maximum absolute atomic E-state index is 11.4. The SMILES string of the molecule is CC(C)NC(=O)COc1c(Cl)cc(S(N)(=O)=O)cc1Cl. The minimum Gasteiger partial charge on any atom is -0.481 e. The van der Waals surface area contributed by atoms with Crippen molar-refractivity contribution in [3.63, 3.8) is 0 Å². The van der Waals surface area contributed by atoms with Gasteiger partial charge in [0.05, 0.1) is 14.9 Å². The molecule has 20 heavy (non-hydrogen) atoms. The lowest BCUT2D eigenvalue weighted by Gasteiger charge is -2.12. The Morgan fingerprint density at radius 2 is 1.85 bits per heavy atom. The monoisotopic (exact) mass is 340 g/mol. The Balaban J connectivity index is 2.90. The van der Waals surface area contributed by atoms with Crippen molar-refractivity contribution < 1.29 is 17.9 Å². The highest BCUT2D eigenvalue weighted by Gasteiger charge is 2.16. The smallest absolute Gasteiger partial charge is 0.258 e. The molecule has 0 atom stereocenters. The minimum atomic E-state index is -3.92. The van der Waals surface area contributed by atoms with Crippen LogP contribution in [-0.4, -0.2) is 27.0 Å². The molecular weight excluding hydrogens is 327 g/mol. The zero-order valence-corrected chi connectivity index (χ0v) is 13.1. The quantitative estimate of drug-likeness (QED) is 0.849. The van der Waals surface area contributed by atoms with E-state index in [1.54, 1.807) is 13.8 Å². The largest absolute Gasteiger partial charge is 0.481 e. The number of carbonyl (C=O) groups is 1. The summed E-state index contributed by atoms with van der Waals surface area (Å²) in [6.45, 7) is 3.32. The molecule has 0 saturated carbocycles. The van der Waals surface area contributed by atoms with E-state index in [0.717, 1.165) is 12.1 Å². The molecule has 0 aliphatic heterocycles. The molecule has 0 unspecified atom stereocenters. The van der Waals surface area contributed by atoms with Crippen LogP contribution >= 0.6 is 23.2 Å². The molecule has 0 heterocycles. The molecule has 1 aromatic carbocycles. The Bertz CT molecular complexity index is 594. The van der Waals surface area contributed by atoms with Crippen LogP contribution in [0.5, 0.6) is 5.75 Å². The van der Waals surface area contributed by atoms with E-state index in [2.05, 4.69) is 5.32 Å². The highest BCUT2D eigenvalue weighted by molar-refractivity contribution is 7.89. The molecule has 0 aromatic heterocycles. The predicted molar refractivity (Wildman–Crippen MR) is 76.6 cm³/mol. The number of rotatable bonds is 5. The molecule has 6 nitrogen and oxygen atoms in total. The van der Waals surface area contributed by atoms with Crippen molar-refractivity contribution >= 4 is 39.1 Å². The molecule has 112 valence electrons. The maximum atomic E-state index is 11.4. The number of amides is 1. The van der Waals surface area contributed by atoms with Gasteiger partial charge in [-0.15, -0.1) is 0 Å². The lowest BCUT2D eigenvalue weighted by atomic mass is 10.3. The Hall–Kier alpha value is -1.02. The van der Waals surface area contributed by atoms with Crippen molar-refractivity contribution in [2.45, 2.75) is 24.8 Å². The van der Waals surface area contributed by atoms with Crippen molar-refractivity contribution in [2.24, 2.45) is 5.14 Å². The number of nitrogens with two attached hydrogens (primary N) is 1. The van der Waals surface area contributed by atoms with E-state index < -0.39 is 10.0 Å². The van der Waals surface area contributed by atoms with Gasteiger partial charge < -0.3 is 10.1 Å². The Kier molecular flexibility index (Phi) is 5.64. The van der Waals surface area contributed by atoms with Gasteiger partial charge in [-0.1, -0.05) is 23.2 Å². The van der Waals surface area contributed by atoms with Gasteiger partial charge in [0.1, 0.15) is 0 Å². The van der Waals surface area contributed by atoms with Gasteiger partial charge in [-0.2, -0.15) is 0 Å². The van der Waals surface area contributed by atoms with Gasteiger partial charge in [-0.3, -0.25) is 4.79 Å². The number of hydrogen-bond acceptors (Lipinski definition) is 4. The molecule has 3 N–H and O–H groups in total. The first-order valence-electron chi connectivity index (χ1n) is 5.55. The van der Waals surface area contributed by atoms with E-state index >= 15 is 0 Å². The summed E-state index contributed by atoms with van der Waals surface area (Å²) in [5, 5.41) is 7.51. The van der Waals surface area contributed by atoms with E-state index in [1.807, 2.05) is 0 Å². The fourth-order valence-corrected chi connectivity index (χ4v) is 2.63. The molecule has 1 amide bonds. The van der Waals surface area contributed by atoms with E-state index in [-0.39, 0.29) is 39.2 Å². The first kappa shape index (κ1) is 17.0. The minimum absolute atomic E-state index is 0.0261. The fraction of sp³-hybridized carbons (Fsp3) is 0.364. The van der Waals surface area contributed by atoms with Gasteiger partial charge in [0.25, 0.3) is 5.91 Å². The third-order valence-corrected chi connectivity index (χ3v) is 3.55. The summed E-state index contributed by atoms with van der Waals surface area (Å²) in [6.07, 6.45) is 0. The van der Waals surface area contributed by atoms with Gasteiger partial charge >= 0.3 is 0 Å². The molecular formula is C11H14Cl2N2O4S. The van der Waals surface area contributed by atoms with Crippen LogP contribution in [0, 0.1) is 0 Å². The van der Waals surface area contributed by atoms with E-state index in [1.165, 1.54) is 0 Å². The van der Waals surface area contributed by atoms with Crippen molar-refractivity contribution in [3.8, 4) is 5.75 Å². The third kappa shape index (κ3) is 4.82. The summed E-state index contributed by atoms with van der Waals surface area (Å²) in [5.74, 6) is -0.317. The van der Waals surface area contributed by atoms with Crippen molar-refractivity contribution in [1.29, 1.82) is 0 Å². The fourth-order valence-electron chi connectivity index (χ4n) is 1.34. The topological polar surface area (TPSA) is 98.5 Å². The van der Waals surface area contributed by atoms with Crippen LogP contribution in [0.1, 0.15) is 13.8 Å². The highest BCUT2D eigenvalue weighted by atomic mass is 35.5.